The Morgan fingerprint density at radius 2 is 0.781 bits per heavy atom. The number of nitrogens with zero attached hydrogens (tertiary/aromatic N) is 2. The molecule has 0 heterocycles. The van der Waals surface area contributed by atoms with Gasteiger partial charge in [0.15, 0.2) is 0 Å². The Morgan fingerprint density at radius 1 is 0.297 bits per heavy atom. The van der Waals surface area contributed by atoms with E-state index >= 15 is 0 Å². The molecule has 3 aliphatic carbocycles. The van der Waals surface area contributed by atoms with E-state index in [0.717, 1.165) is 22.7 Å². The van der Waals surface area contributed by atoms with E-state index in [1.165, 1.54) is 88.9 Å². The van der Waals surface area contributed by atoms with Gasteiger partial charge in [0.25, 0.3) is 0 Å². The monoisotopic (exact) mass is 816 g/mol. The van der Waals surface area contributed by atoms with Crippen molar-refractivity contribution in [1.82, 2.24) is 0 Å². The Labute approximate surface area is 375 Å². The highest BCUT2D eigenvalue weighted by atomic mass is 15.2. The zero-order valence-corrected chi connectivity index (χ0v) is 35.8. The van der Waals surface area contributed by atoms with Crippen LogP contribution in [0.5, 0.6) is 0 Å². The van der Waals surface area contributed by atoms with Crippen LogP contribution in [0.15, 0.2) is 231 Å². The van der Waals surface area contributed by atoms with E-state index in [-0.39, 0.29) is 5.41 Å². The van der Waals surface area contributed by atoms with Crippen molar-refractivity contribution in [2.45, 2.75) is 24.7 Å². The summed E-state index contributed by atoms with van der Waals surface area (Å²) in [5.74, 6) is 0. The first-order chi connectivity index (χ1) is 31.5. The van der Waals surface area contributed by atoms with Crippen LogP contribution in [0.3, 0.4) is 0 Å². The second-order valence-electron chi connectivity index (χ2n) is 18.0. The van der Waals surface area contributed by atoms with E-state index in [2.05, 4.69) is 254 Å². The molecule has 302 valence electrons. The maximum atomic E-state index is 2.57. The van der Waals surface area contributed by atoms with E-state index in [1.807, 2.05) is 0 Å². The maximum absolute atomic E-state index is 2.57. The molecule has 0 aromatic heterocycles. The lowest BCUT2D eigenvalue weighted by Crippen LogP contribution is -2.27. The fraction of sp³-hybridized carbons (Fsp3) is 0.0645. The van der Waals surface area contributed by atoms with Gasteiger partial charge in [0.05, 0.1) is 16.8 Å². The van der Waals surface area contributed by atoms with Crippen molar-refractivity contribution < 1.29 is 0 Å². The molecule has 1 atom stereocenters. The van der Waals surface area contributed by atoms with Gasteiger partial charge in [0, 0.05) is 33.6 Å². The van der Waals surface area contributed by atoms with Crippen LogP contribution >= 0.6 is 0 Å². The van der Waals surface area contributed by atoms with Gasteiger partial charge in [-0.1, -0.05) is 184 Å². The average Bonchev–Trinajstić information content (AvgIpc) is 3.91. The zero-order chi connectivity index (χ0) is 42.6. The highest BCUT2D eigenvalue weighted by molar-refractivity contribution is 6.12. The summed E-state index contributed by atoms with van der Waals surface area (Å²) in [6.45, 7) is 4.80. The van der Waals surface area contributed by atoms with Crippen LogP contribution in [-0.4, -0.2) is 0 Å². The molecule has 0 fully saturated rings. The standard InChI is InChI=1S/C62H44N2/c1-61(2)52-33-17-14-28-46(52)50-32-20-36-57(60(50)61)64(43-25-10-5-11-26-43)58-40-56-59(49-30-13-12-29-48(49)58)51-31-16-19-35-54(51)62(56)53-34-18-15-27-45(53)47-38-37-44(39-55(47)62)63(41-21-6-3-7-22-41)42-23-8-4-9-24-42/h3-40H,1-2H3. The molecular weight excluding hydrogens is 773 g/mol. The average molecular weight is 817 g/mol. The molecule has 3 aliphatic rings. The third-order valence-electron chi connectivity index (χ3n) is 14.4. The normalized spacial score (nSPS) is 15.5. The predicted molar refractivity (Wildman–Crippen MR) is 267 cm³/mol. The maximum Gasteiger partial charge on any atom is 0.0727 e. The van der Waals surface area contributed by atoms with Crippen LogP contribution in [0.2, 0.25) is 0 Å². The number of benzene rings is 10. The van der Waals surface area contributed by atoms with Crippen molar-refractivity contribution in [2.75, 3.05) is 9.80 Å². The van der Waals surface area contributed by atoms with Crippen molar-refractivity contribution >= 4 is 44.9 Å². The first-order valence-electron chi connectivity index (χ1n) is 22.4. The van der Waals surface area contributed by atoms with Gasteiger partial charge >= 0.3 is 0 Å². The molecule has 0 radical (unpaired) electrons. The second-order valence-corrected chi connectivity index (χ2v) is 18.0. The summed E-state index contributed by atoms with van der Waals surface area (Å²) in [6.07, 6.45) is 0. The number of anilines is 6. The van der Waals surface area contributed by atoms with E-state index < -0.39 is 5.41 Å². The van der Waals surface area contributed by atoms with Gasteiger partial charge in [-0.25, -0.2) is 0 Å². The molecule has 10 aromatic rings. The number of hydrogen-bond donors (Lipinski definition) is 0. The molecule has 2 heteroatoms. The van der Waals surface area contributed by atoms with E-state index in [0.29, 0.717) is 0 Å². The molecule has 0 bridgehead atoms. The molecule has 0 aliphatic heterocycles. The molecule has 0 amide bonds. The largest absolute Gasteiger partial charge is 0.310 e. The Balaban J connectivity index is 1.14. The Hall–Kier alpha value is -7.94. The van der Waals surface area contributed by atoms with E-state index in [9.17, 15) is 0 Å². The number of para-hydroxylation sites is 3. The lowest BCUT2D eigenvalue weighted by molar-refractivity contribution is 0.661. The van der Waals surface area contributed by atoms with Crippen LogP contribution < -0.4 is 9.80 Å². The van der Waals surface area contributed by atoms with Gasteiger partial charge in [0.1, 0.15) is 0 Å². The van der Waals surface area contributed by atoms with E-state index in [4.69, 9.17) is 0 Å². The fourth-order valence-electron chi connectivity index (χ4n) is 11.9. The first-order valence-corrected chi connectivity index (χ1v) is 22.4. The van der Waals surface area contributed by atoms with Crippen LogP contribution in [0.1, 0.15) is 47.2 Å². The van der Waals surface area contributed by atoms with Crippen LogP contribution in [0, 0.1) is 0 Å². The van der Waals surface area contributed by atoms with Gasteiger partial charge in [-0.05, 0) is 133 Å². The van der Waals surface area contributed by atoms with Crippen LogP contribution in [0.25, 0.3) is 44.2 Å². The summed E-state index contributed by atoms with van der Waals surface area (Å²) in [5, 5.41) is 2.48. The minimum atomic E-state index is -0.595. The molecule has 1 spiro atoms. The SMILES string of the molecule is CC1(C)c2ccccc2-c2cccc(N(c3ccccc3)c3cc4c(c5ccccc35)-c3ccccc3C43c4ccccc4-c4ccc(N(c5ccccc5)c5ccccc5)cc43)c21. The zero-order valence-electron chi connectivity index (χ0n) is 35.8. The van der Waals surface area contributed by atoms with Crippen molar-refractivity contribution in [1.29, 1.82) is 0 Å². The van der Waals surface area contributed by atoms with Gasteiger partial charge in [-0.15, -0.1) is 0 Å². The highest BCUT2D eigenvalue weighted by Gasteiger charge is 2.53. The Kier molecular flexibility index (Phi) is 7.90. The van der Waals surface area contributed by atoms with Crippen molar-refractivity contribution in [3.05, 3.63) is 264 Å². The van der Waals surface area contributed by atoms with Crippen LogP contribution in [0.4, 0.5) is 34.1 Å². The number of hydrogen-bond acceptors (Lipinski definition) is 2. The molecule has 0 N–H and O–H groups in total. The van der Waals surface area contributed by atoms with Crippen molar-refractivity contribution in [3.63, 3.8) is 0 Å². The molecular formula is C62H44N2. The Morgan fingerprint density at radius 3 is 1.44 bits per heavy atom. The summed E-state index contributed by atoms with van der Waals surface area (Å²) in [6, 6.07) is 85.7. The first kappa shape index (κ1) is 36.7. The summed E-state index contributed by atoms with van der Waals surface area (Å²) in [7, 11) is 0. The van der Waals surface area contributed by atoms with E-state index in [1.54, 1.807) is 0 Å². The minimum Gasteiger partial charge on any atom is -0.310 e. The Bertz CT molecular complexity index is 3440. The molecule has 64 heavy (non-hydrogen) atoms. The lowest BCUT2D eigenvalue weighted by atomic mass is 9.70. The molecule has 0 saturated carbocycles. The summed E-state index contributed by atoms with van der Waals surface area (Å²) < 4.78 is 0. The molecule has 2 nitrogen and oxygen atoms in total. The lowest BCUT2D eigenvalue weighted by Gasteiger charge is -2.35. The highest BCUT2D eigenvalue weighted by Crippen LogP contribution is 2.66. The van der Waals surface area contributed by atoms with Gasteiger partial charge in [-0.2, -0.15) is 0 Å². The quantitative estimate of drug-likeness (QED) is 0.165. The van der Waals surface area contributed by atoms with Crippen molar-refractivity contribution in [2.24, 2.45) is 0 Å². The van der Waals surface area contributed by atoms with Gasteiger partial charge < -0.3 is 9.80 Å². The third kappa shape index (κ3) is 4.97. The predicted octanol–water partition coefficient (Wildman–Crippen LogP) is 16.4. The molecule has 0 saturated heterocycles. The fourth-order valence-corrected chi connectivity index (χ4v) is 11.9. The number of rotatable bonds is 6. The number of fused-ring (bicyclic) bond motifs is 15. The molecule has 10 aromatic carbocycles. The van der Waals surface area contributed by atoms with Crippen LogP contribution in [-0.2, 0) is 10.8 Å². The smallest absolute Gasteiger partial charge is 0.0727 e. The van der Waals surface area contributed by atoms with Gasteiger partial charge in [-0.3, -0.25) is 0 Å². The second kappa shape index (κ2) is 13.8. The minimum absolute atomic E-state index is 0.220. The molecule has 13 rings (SSSR count). The summed E-state index contributed by atoms with van der Waals surface area (Å²) in [5.41, 5.74) is 21.8. The topological polar surface area (TPSA) is 6.48 Å². The summed E-state index contributed by atoms with van der Waals surface area (Å²) >= 11 is 0. The molecule has 1 unspecified atom stereocenters. The summed E-state index contributed by atoms with van der Waals surface area (Å²) in [4.78, 5) is 4.97. The third-order valence-corrected chi connectivity index (χ3v) is 14.4. The van der Waals surface area contributed by atoms with Crippen molar-refractivity contribution in [3.8, 4) is 33.4 Å². The van der Waals surface area contributed by atoms with Gasteiger partial charge in [0.2, 0.25) is 0 Å².